The summed E-state index contributed by atoms with van der Waals surface area (Å²) in [5.41, 5.74) is 1.27. The highest BCUT2D eigenvalue weighted by molar-refractivity contribution is 9.10. The van der Waals surface area contributed by atoms with E-state index in [1.807, 2.05) is 12.1 Å². The van der Waals surface area contributed by atoms with Crippen LogP contribution in [0.5, 0.6) is 5.75 Å². The van der Waals surface area contributed by atoms with E-state index in [1.165, 1.54) is 5.56 Å². The topological polar surface area (TPSA) is 29.5 Å². The van der Waals surface area contributed by atoms with Crippen LogP contribution in [-0.2, 0) is 6.42 Å². The summed E-state index contributed by atoms with van der Waals surface area (Å²) >= 11 is 3.50. The Bertz CT molecular complexity index is 370. The van der Waals surface area contributed by atoms with Gasteiger partial charge in [-0.1, -0.05) is 15.9 Å². The second kappa shape index (κ2) is 5.87. The Labute approximate surface area is 111 Å². The van der Waals surface area contributed by atoms with Crippen molar-refractivity contribution in [3.8, 4) is 5.75 Å². The van der Waals surface area contributed by atoms with Gasteiger partial charge in [0, 0.05) is 4.47 Å². The van der Waals surface area contributed by atoms with Crippen LogP contribution in [0.25, 0.3) is 0 Å². The largest absolute Gasteiger partial charge is 0.496 e. The zero-order chi connectivity index (χ0) is 12.3. The Kier molecular flexibility index (Phi) is 4.46. The molecular formula is C14H19BrO2. The Morgan fingerprint density at radius 3 is 2.65 bits per heavy atom. The van der Waals surface area contributed by atoms with E-state index in [0.717, 1.165) is 42.3 Å². The van der Waals surface area contributed by atoms with E-state index < -0.39 is 0 Å². The van der Waals surface area contributed by atoms with E-state index in [1.54, 1.807) is 7.11 Å². The smallest absolute Gasteiger partial charge is 0.122 e. The van der Waals surface area contributed by atoms with E-state index in [4.69, 9.17) is 4.74 Å². The fraction of sp³-hybridized carbons (Fsp3) is 0.571. The van der Waals surface area contributed by atoms with Crippen LogP contribution in [0.15, 0.2) is 22.7 Å². The van der Waals surface area contributed by atoms with Gasteiger partial charge in [0.2, 0.25) is 0 Å². The van der Waals surface area contributed by atoms with Gasteiger partial charge in [-0.15, -0.1) is 0 Å². The molecule has 0 heterocycles. The molecule has 94 valence electrons. The number of benzene rings is 1. The summed E-state index contributed by atoms with van der Waals surface area (Å²) in [6, 6.07) is 6.16. The van der Waals surface area contributed by atoms with Crippen molar-refractivity contribution in [3.63, 3.8) is 0 Å². The predicted octanol–water partition coefficient (Wildman–Crippen LogP) is 3.55. The summed E-state index contributed by atoms with van der Waals surface area (Å²) in [6.45, 7) is 0. The van der Waals surface area contributed by atoms with Gasteiger partial charge in [-0.2, -0.15) is 0 Å². The number of methoxy groups -OCH3 is 1. The Morgan fingerprint density at radius 2 is 2.00 bits per heavy atom. The quantitative estimate of drug-likeness (QED) is 0.925. The van der Waals surface area contributed by atoms with E-state index in [-0.39, 0.29) is 6.10 Å². The van der Waals surface area contributed by atoms with Gasteiger partial charge in [0.05, 0.1) is 13.2 Å². The first-order chi connectivity index (χ1) is 8.19. The Morgan fingerprint density at radius 1 is 1.29 bits per heavy atom. The fourth-order valence-corrected chi connectivity index (χ4v) is 2.98. The zero-order valence-electron chi connectivity index (χ0n) is 10.2. The number of halogens is 1. The molecule has 2 nitrogen and oxygen atoms in total. The molecular weight excluding hydrogens is 280 g/mol. The van der Waals surface area contributed by atoms with Gasteiger partial charge in [-0.3, -0.25) is 0 Å². The van der Waals surface area contributed by atoms with Crippen molar-refractivity contribution >= 4 is 15.9 Å². The minimum atomic E-state index is -0.0735. The molecule has 0 spiro atoms. The van der Waals surface area contributed by atoms with Gasteiger partial charge in [0.25, 0.3) is 0 Å². The summed E-state index contributed by atoms with van der Waals surface area (Å²) < 4.78 is 6.49. The maximum Gasteiger partial charge on any atom is 0.122 e. The number of hydrogen-bond acceptors (Lipinski definition) is 2. The van der Waals surface area contributed by atoms with E-state index in [2.05, 4.69) is 22.0 Å². The molecule has 1 aliphatic carbocycles. The summed E-state index contributed by atoms with van der Waals surface area (Å²) in [7, 11) is 1.72. The summed E-state index contributed by atoms with van der Waals surface area (Å²) in [6.07, 6.45) is 5.11. The lowest BCUT2D eigenvalue weighted by Crippen LogP contribution is -2.19. The lowest BCUT2D eigenvalue weighted by atomic mass is 9.83. The maximum absolute atomic E-state index is 9.51. The van der Waals surface area contributed by atoms with Crippen molar-refractivity contribution < 1.29 is 9.84 Å². The molecule has 1 aromatic carbocycles. The van der Waals surface area contributed by atoms with Crippen molar-refractivity contribution in [2.75, 3.05) is 7.11 Å². The molecule has 1 fully saturated rings. The van der Waals surface area contributed by atoms with Gasteiger partial charge in [0.15, 0.2) is 0 Å². The minimum Gasteiger partial charge on any atom is -0.496 e. The van der Waals surface area contributed by atoms with Crippen molar-refractivity contribution in [1.29, 1.82) is 0 Å². The Balaban J connectivity index is 2.04. The molecule has 0 aliphatic heterocycles. The summed E-state index contributed by atoms with van der Waals surface area (Å²) in [5.74, 6) is 1.65. The lowest BCUT2D eigenvalue weighted by molar-refractivity contribution is 0.108. The molecule has 0 amide bonds. The van der Waals surface area contributed by atoms with Crippen LogP contribution in [0.2, 0.25) is 0 Å². The van der Waals surface area contributed by atoms with E-state index >= 15 is 0 Å². The first kappa shape index (κ1) is 12.9. The summed E-state index contributed by atoms with van der Waals surface area (Å²) in [4.78, 5) is 0. The molecule has 1 N–H and O–H groups in total. The van der Waals surface area contributed by atoms with Crippen LogP contribution < -0.4 is 4.74 Å². The van der Waals surface area contributed by atoms with Gasteiger partial charge < -0.3 is 9.84 Å². The average molecular weight is 299 g/mol. The monoisotopic (exact) mass is 298 g/mol. The van der Waals surface area contributed by atoms with Crippen molar-refractivity contribution in [3.05, 3.63) is 28.2 Å². The summed E-state index contributed by atoms with van der Waals surface area (Å²) in [5, 5.41) is 9.51. The van der Waals surface area contributed by atoms with Gasteiger partial charge in [-0.05, 0) is 61.8 Å². The van der Waals surface area contributed by atoms with Crippen molar-refractivity contribution in [2.24, 2.45) is 5.92 Å². The van der Waals surface area contributed by atoms with Crippen LogP contribution in [0.3, 0.4) is 0 Å². The maximum atomic E-state index is 9.51. The molecule has 0 aromatic heterocycles. The molecule has 17 heavy (non-hydrogen) atoms. The molecule has 1 aromatic rings. The third kappa shape index (κ3) is 3.46. The normalized spacial score (nSPS) is 24.6. The molecule has 2 rings (SSSR count). The fourth-order valence-electron chi connectivity index (χ4n) is 2.57. The highest BCUT2D eigenvalue weighted by Crippen LogP contribution is 2.31. The molecule has 0 bridgehead atoms. The lowest BCUT2D eigenvalue weighted by Gasteiger charge is -2.25. The molecule has 0 atom stereocenters. The Hall–Kier alpha value is -0.540. The van der Waals surface area contributed by atoms with Gasteiger partial charge in [-0.25, -0.2) is 0 Å². The highest BCUT2D eigenvalue weighted by Gasteiger charge is 2.20. The van der Waals surface area contributed by atoms with E-state index in [0.29, 0.717) is 5.92 Å². The van der Waals surface area contributed by atoms with Crippen molar-refractivity contribution in [2.45, 2.75) is 38.2 Å². The average Bonchev–Trinajstić information content (AvgIpc) is 2.32. The molecule has 1 aliphatic rings. The SMILES string of the molecule is COc1ccc(Br)cc1CC1CCC(O)CC1. The van der Waals surface area contributed by atoms with Crippen LogP contribution in [0.4, 0.5) is 0 Å². The third-order valence-corrected chi connectivity index (χ3v) is 4.06. The van der Waals surface area contributed by atoms with Crippen LogP contribution >= 0.6 is 15.9 Å². The number of rotatable bonds is 3. The standard InChI is InChI=1S/C14H19BrO2/c1-17-14-7-4-12(15)9-11(14)8-10-2-5-13(16)6-3-10/h4,7,9-10,13,16H,2-3,5-6,8H2,1H3. The third-order valence-electron chi connectivity index (χ3n) is 3.57. The molecule has 3 heteroatoms. The van der Waals surface area contributed by atoms with Crippen molar-refractivity contribution in [1.82, 2.24) is 0 Å². The minimum absolute atomic E-state index is 0.0735. The second-order valence-electron chi connectivity index (χ2n) is 4.83. The number of ether oxygens (including phenoxy) is 1. The molecule has 0 unspecified atom stereocenters. The first-order valence-corrected chi connectivity index (χ1v) is 6.99. The zero-order valence-corrected chi connectivity index (χ0v) is 11.7. The number of aliphatic hydroxyl groups is 1. The molecule has 0 radical (unpaired) electrons. The predicted molar refractivity (Wildman–Crippen MR) is 72.4 cm³/mol. The number of hydrogen-bond donors (Lipinski definition) is 1. The van der Waals surface area contributed by atoms with E-state index in [9.17, 15) is 5.11 Å². The molecule has 0 saturated heterocycles. The second-order valence-corrected chi connectivity index (χ2v) is 5.75. The number of aliphatic hydroxyl groups excluding tert-OH is 1. The first-order valence-electron chi connectivity index (χ1n) is 6.19. The van der Waals surface area contributed by atoms with Gasteiger partial charge in [0.1, 0.15) is 5.75 Å². The van der Waals surface area contributed by atoms with Crippen LogP contribution in [-0.4, -0.2) is 18.3 Å². The van der Waals surface area contributed by atoms with Gasteiger partial charge >= 0.3 is 0 Å². The van der Waals surface area contributed by atoms with Crippen LogP contribution in [0.1, 0.15) is 31.2 Å². The molecule has 1 saturated carbocycles. The van der Waals surface area contributed by atoms with Crippen LogP contribution in [0, 0.1) is 5.92 Å². The highest BCUT2D eigenvalue weighted by atomic mass is 79.9.